The Hall–Kier alpha value is -0.950. The zero-order valence-electron chi connectivity index (χ0n) is 11.9. The third-order valence-corrected chi connectivity index (χ3v) is 4.89. The van der Waals surface area contributed by atoms with E-state index in [9.17, 15) is 8.42 Å². The highest BCUT2D eigenvalue weighted by atomic mass is 32.2. The zero-order chi connectivity index (χ0) is 14.4. The van der Waals surface area contributed by atoms with E-state index < -0.39 is 10.0 Å². The number of piperidine rings is 1. The van der Waals surface area contributed by atoms with Crippen LogP contribution in [-0.4, -0.2) is 40.1 Å². The molecular weight excluding hydrogens is 274 g/mol. The normalized spacial score (nSPS) is 17.2. The average molecular weight is 297 g/mol. The lowest BCUT2D eigenvalue weighted by Crippen LogP contribution is -2.44. The number of hydrogen-bond acceptors (Lipinski definition) is 4. The van der Waals surface area contributed by atoms with Crippen molar-refractivity contribution in [2.24, 2.45) is 0 Å². The Balaban J connectivity index is 2.01. The molecule has 1 aromatic carbocycles. The number of hydrazine groups is 1. The molecule has 1 aromatic rings. The second-order valence-electron chi connectivity index (χ2n) is 5.14. The van der Waals surface area contributed by atoms with Crippen LogP contribution in [0, 0.1) is 0 Å². The Morgan fingerprint density at radius 2 is 1.75 bits per heavy atom. The summed E-state index contributed by atoms with van der Waals surface area (Å²) >= 11 is 0. The van der Waals surface area contributed by atoms with Crippen molar-refractivity contribution >= 4 is 10.0 Å². The largest absolute Gasteiger partial charge is 0.319 e. The SMILES string of the molecule is CNCCc1ccc(S(=O)(=O)NN2CCCCC2)cc1. The van der Waals surface area contributed by atoms with Gasteiger partial charge in [-0.15, -0.1) is 4.83 Å². The number of nitrogens with one attached hydrogen (secondary N) is 2. The summed E-state index contributed by atoms with van der Waals surface area (Å²) in [6, 6.07) is 7.11. The van der Waals surface area contributed by atoms with Gasteiger partial charge in [-0.1, -0.05) is 18.6 Å². The predicted octanol–water partition coefficient (Wildman–Crippen LogP) is 1.13. The molecule has 1 aliphatic heterocycles. The van der Waals surface area contributed by atoms with E-state index in [-0.39, 0.29) is 0 Å². The summed E-state index contributed by atoms with van der Waals surface area (Å²) in [5, 5.41) is 4.88. The molecule has 1 fully saturated rings. The Bertz CT molecular complexity index is 508. The van der Waals surface area contributed by atoms with E-state index in [0.29, 0.717) is 4.90 Å². The van der Waals surface area contributed by atoms with Gasteiger partial charge in [0.05, 0.1) is 4.90 Å². The topological polar surface area (TPSA) is 61.4 Å². The second kappa shape index (κ2) is 7.17. The molecule has 5 nitrogen and oxygen atoms in total. The quantitative estimate of drug-likeness (QED) is 0.826. The molecule has 0 atom stereocenters. The van der Waals surface area contributed by atoms with E-state index in [0.717, 1.165) is 44.5 Å². The molecule has 2 rings (SSSR count). The van der Waals surface area contributed by atoms with Crippen molar-refractivity contribution in [1.82, 2.24) is 15.2 Å². The first-order valence-electron chi connectivity index (χ1n) is 7.13. The van der Waals surface area contributed by atoms with Gasteiger partial charge in [-0.25, -0.2) is 13.4 Å². The van der Waals surface area contributed by atoms with E-state index >= 15 is 0 Å². The minimum atomic E-state index is -3.44. The van der Waals surface area contributed by atoms with Crippen LogP contribution in [0.25, 0.3) is 0 Å². The van der Waals surface area contributed by atoms with Gasteiger partial charge in [-0.3, -0.25) is 0 Å². The van der Waals surface area contributed by atoms with Crippen molar-refractivity contribution in [2.45, 2.75) is 30.6 Å². The van der Waals surface area contributed by atoms with Crippen LogP contribution < -0.4 is 10.1 Å². The number of sulfonamides is 1. The number of hydrogen-bond donors (Lipinski definition) is 2. The molecule has 20 heavy (non-hydrogen) atoms. The molecule has 0 unspecified atom stereocenters. The lowest BCUT2D eigenvalue weighted by atomic mass is 10.1. The maximum Gasteiger partial charge on any atom is 0.253 e. The summed E-state index contributed by atoms with van der Waals surface area (Å²) in [6.45, 7) is 2.47. The highest BCUT2D eigenvalue weighted by Crippen LogP contribution is 2.13. The molecular formula is C14H23N3O2S. The molecule has 0 amide bonds. The van der Waals surface area contributed by atoms with Crippen molar-refractivity contribution < 1.29 is 8.42 Å². The van der Waals surface area contributed by atoms with Gasteiger partial charge in [0.2, 0.25) is 0 Å². The molecule has 0 aliphatic carbocycles. The molecule has 1 heterocycles. The Labute approximate surface area is 121 Å². The molecule has 1 aliphatic rings. The van der Waals surface area contributed by atoms with Gasteiger partial charge in [0.25, 0.3) is 10.0 Å². The van der Waals surface area contributed by atoms with Crippen molar-refractivity contribution in [3.8, 4) is 0 Å². The summed E-state index contributed by atoms with van der Waals surface area (Å²) in [5.41, 5.74) is 1.14. The number of nitrogens with zero attached hydrogens (tertiary/aromatic N) is 1. The summed E-state index contributed by atoms with van der Waals surface area (Å²) in [5.74, 6) is 0. The first-order chi connectivity index (χ1) is 9.62. The molecule has 0 radical (unpaired) electrons. The monoisotopic (exact) mass is 297 g/mol. The van der Waals surface area contributed by atoms with E-state index in [1.165, 1.54) is 6.42 Å². The van der Waals surface area contributed by atoms with Crippen LogP contribution in [0.15, 0.2) is 29.2 Å². The number of rotatable bonds is 6. The third kappa shape index (κ3) is 4.28. The molecule has 0 spiro atoms. The molecule has 0 bridgehead atoms. The fourth-order valence-corrected chi connectivity index (χ4v) is 3.43. The molecule has 0 saturated carbocycles. The molecule has 6 heteroatoms. The van der Waals surface area contributed by atoms with Gasteiger partial charge < -0.3 is 5.32 Å². The maximum absolute atomic E-state index is 12.3. The van der Waals surface area contributed by atoms with Crippen molar-refractivity contribution in [1.29, 1.82) is 0 Å². The predicted molar refractivity (Wildman–Crippen MR) is 79.8 cm³/mol. The van der Waals surface area contributed by atoms with E-state index in [4.69, 9.17) is 0 Å². The van der Waals surface area contributed by atoms with Crippen LogP contribution in [0.1, 0.15) is 24.8 Å². The number of likely N-dealkylation sites (N-methyl/N-ethyl adjacent to an activating group) is 1. The van der Waals surface area contributed by atoms with Gasteiger partial charge in [0, 0.05) is 13.1 Å². The smallest absolute Gasteiger partial charge is 0.253 e. The van der Waals surface area contributed by atoms with Crippen molar-refractivity contribution in [3.63, 3.8) is 0 Å². The fraction of sp³-hybridized carbons (Fsp3) is 0.571. The Morgan fingerprint density at radius 1 is 1.10 bits per heavy atom. The summed E-state index contributed by atoms with van der Waals surface area (Å²) in [4.78, 5) is 3.00. The lowest BCUT2D eigenvalue weighted by Gasteiger charge is -2.26. The lowest BCUT2D eigenvalue weighted by molar-refractivity contribution is 0.200. The average Bonchev–Trinajstić information content (AvgIpc) is 2.46. The maximum atomic E-state index is 12.3. The first-order valence-corrected chi connectivity index (χ1v) is 8.61. The number of benzene rings is 1. The summed E-state index contributed by atoms with van der Waals surface area (Å²) in [7, 11) is -1.53. The second-order valence-corrected chi connectivity index (χ2v) is 6.80. The molecule has 112 valence electrons. The van der Waals surface area contributed by atoms with Gasteiger partial charge in [-0.05, 0) is 50.6 Å². The Kier molecular flexibility index (Phi) is 5.54. The summed E-state index contributed by atoms with van der Waals surface area (Å²) < 4.78 is 24.5. The van der Waals surface area contributed by atoms with Gasteiger partial charge in [-0.2, -0.15) is 0 Å². The van der Waals surface area contributed by atoms with Gasteiger partial charge in [0.15, 0.2) is 0 Å². The van der Waals surface area contributed by atoms with Crippen LogP contribution in [0.4, 0.5) is 0 Å². The van der Waals surface area contributed by atoms with E-state index in [1.54, 1.807) is 17.1 Å². The minimum absolute atomic E-state index is 0.330. The Morgan fingerprint density at radius 3 is 2.35 bits per heavy atom. The van der Waals surface area contributed by atoms with E-state index in [1.807, 2.05) is 19.2 Å². The molecule has 2 N–H and O–H groups in total. The van der Waals surface area contributed by atoms with Gasteiger partial charge in [0.1, 0.15) is 0 Å². The van der Waals surface area contributed by atoms with Crippen LogP contribution in [0.3, 0.4) is 0 Å². The standard InChI is InChI=1S/C14H23N3O2S/c1-15-10-9-13-5-7-14(8-6-13)20(18,19)16-17-11-3-2-4-12-17/h5-8,15-16H,2-4,9-12H2,1H3. The van der Waals surface area contributed by atoms with E-state index in [2.05, 4.69) is 10.1 Å². The molecule has 0 aromatic heterocycles. The summed E-state index contributed by atoms with van der Waals surface area (Å²) in [6.07, 6.45) is 4.17. The van der Waals surface area contributed by atoms with Crippen LogP contribution >= 0.6 is 0 Å². The molecule has 1 saturated heterocycles. The first kappa shape index (κ1) is 15.4. The van der Waals surface area contributed by atoms with Crippen LogP contribution in [0.2, 0.25) is 0 Å². The van der Waals surface area contributed by atoms with Gasteiger partial charge >= 0.3 is 0 Å². The van der Waals surface area contributed by atoms with Crippen LogP contribution in [0.5, 0.6) is 0 Å². The minimum Gasteiger partial charge on any atom is -0.319 e. The van der Waals surface area contributed by atoms with Crippen molar-refractivity contribution in [3.05, 3.63) is 29.8 Å². The zero-order valence-corrected chi connectivity index (χ0v) is 12.7. The van der Waals surface area contributed by atoms with Crippen molar-refractivity contribution in [2.75, 3.05) is 26.7 Å². The van der Waals surface area contributed by atoms with Crippen LogP contribution in [-0.2, 0) is 16.4 Å². The third-order valence-electron chi connectivity index (χ3n) is 3.50. The highest BCUT2D eigenvalue weighted by Gasteiger charge is 2.19. The fourth-order valence-electron chi connectivity index (χ4n) is 2.31. The highest BCUT2D eigenvalue weighted by molar-refractivity contribution is 7.89.